The van der Waals surface area contributed by atoms with Crippen LogP contribution in [0.4, 0.5) is 0 Å². The summed E-state index contributed by atoms with van der Waals surface area (Å²) in [7, 11) is 0. The predicted octanol–water partition coefficient (Wildman–Crippen LogP) is 4.87. The fourth-order valence-electron chi connectivity index (χ4n) is 3.40. The fourth-order valence-corrected chi connectivity index (χ4v) is 3.88. The van der Waals surface area contributed by atoms with Crippen molar-refractivity contribution in [1.29, 1.82) is 0 Å². The normalized spacial score (nSPS) is 11.9. The number of aliphatic carboxylic acids is 1. The Morgan fingerprint density at radius 3 is 2.61 bits per heavy atom. The number of rotatable bonds is 9. The van der Waals surface area contributed by atoms with E-state index in [1.165, 1.54) is 24.0 Å². The van der Waals surface area contributed by atoms with Crippen molar-refractivity contribution in [3.05, 3.63) is 83.2 Å². The van der Waals surface area contributed by atoms with Crippen LogP contribution in [-0.4, -0.2) is 45.1 Å². The molecular formula is C26H26N2O4S. The molecule has 1 heterocycles. The lowest BCUT2D eigenvalue weighted by Crippen LogP contribution is -2.41. The molecule has 0 aliphatic heterocycles. The van der Waals surface area contributed by atoms with Crippen LogP contribution in [-0.2, 0) is 4.79 Å². The van der Waals surface area contributed by atoms with Crippen LogP contribution >= 0.6 is 11.8 Å². The van der Waals surface area contributed by atoms with Crippen molar-refractivity contribution in [2.75, 3.05) is 12.0 Å². The summed E-state index contributed by atoms with van der Waals surface area (Å²) >= 11 is 1.53. The first-order valence-electron chi connectivity index (χ1n) is 10.4. The Balaban J connectivity index is 1.99. The summed E-state index contributed by atoms with van der Waals surface area (Å²) in [4.78, 5) is 28.8. The van der Waals surface area contributed by atoms with E-state index in [9.17, 15) is 19.8 Å². The standard InChI is InChI=1S/C26H26N2O4S/c1-17-5-3-4-6-20(17)22-15-18(7-9-19-16-27-13-11-24(19)29)8-10-21(22)25(30)28-23(26(31)32)12-14-33-2/h3-11,13,15-16,23H,12,14H2,1-2H3,(H,27,29)(H,28,30)(H,31,32)/t23-/m0/s1. The third-order valence-electron chi connectivity index (χ3n) is 5.22. The van der Waals surface area contributed by atoms with Crippen molar-refractivity contribution >= 4 is 35.8 Å². The van der Waals surface area contributed by atoms with E-state index in [1.54, 1.807) is 24.4 Å². The molecule has 6 nitrogen and oxygen atoms in total. The van der Waals surface area contributed by atoms with E-state index in [-0.39, 0.29) is 5.75 Å². The Morgan fingerprint density at radius 2 is 1.91 bits per heavy atom. The van der Waals surface area contributed by atoms with Gasteiger partial charge in [-0.1, -0.05) is 36.4 Å². The van der Waals surface area contributed by atoms with Gasteiger partial charge in [0.1, 0.15) is 11.8 Å². The average Bonchev–Trinajstić information content (AvgIpc) is 2.81. The first kappa shape index (κ1) is 24.1. The number of amides is 1. The highest BCUT2D eigenvalue weighted by atomic mass is 32.2. The number of thioether (sulfide) groups is 1. The monoisotopic (exact) mass is 462 g/mol. The predicted molar refractivity (Wildman–Crippen MR) is 133 cm³/mol. The number of pyridine rings is 1. The second kappa shape index (κ2) is 11.3. The molecule has 170 valence electrons. The third-order valence-corrected chi connectivity index (χ3v) is 5.86. The van der Waals surface area contributed by atoms with Crippen molar-refractivity contribution in [1.82, 2.24) is 10.3 Å². The minimum Gasteiger partial charge on any atom is -0.507 e. The summed E-state index contributed by atoms with van der Waals surface area (Å²) in [5, 5.41) is 22.2. The fraction of sp³-hybridized carbons (Fsp3) is 0.192. The van der Waals surface area contributed by atoms with Gasteiger partial charge >= 0.3 is 5.97 Å². The molecule has 0 aliphatic rings. The number of carbonyl (C=O) groups is 2. The molecule has 1 atom stereocenters. The highest BCUT2D eigenvalue weighted by molar-refractivity contribution is 7.98. The highest BCUT2D eigenvalue weighted by Crippen LogP contribution is 2.29. The van der Waals surface area contributed by atoms with Crippen molar-refractivity contribution in [2.45, 2.75) is 19.4 Å². The summed E-state index contributed by atoms with van der Waals surface area (Å²) in [6.45, 7) is 1.96. The van der Waals surface area contributed by atoms with Crippen LogP contribution in [0.25, 0.3) is 23.3 Å². The lowest BCUT2D eigenvalue weighted by Gasteiger charge is -2.17. The molecular weight excluding hydrogens is 436 g/mol. The van der Waals surface area contributed by atoms with Gasteiger partial charge in [-0.15, -0.1) is 0 Å². The Kier molecular flexibility index (Phi) is 8.27. The zero-order chi connectivity index (χ0) is 23.8. The molecule has 0 unspecified atom stereocenters. The summed E-state index contributed by atoms with van der Waals surface area (Å²) in [6, 6.07) is 13.7. The first-order valence-corrected chi connectivity index (χ1v) is 11.8. The molecule has 33 heavy (non-hydrogen) atoms. The number of aromatic hydroxyl groups is 1. The molecule has 2 aromatic carbocycles. The number of hydrogen-bond acceptors (Lipinski definition) is 5. The number of aromatic nitrogens is 1. The van der Waals surface area contributed by atoms with Crippen molar-refractivity contribution in [3.8, 4) is 16.9 Å². The van der Waals surface area contributed by atoms with Crippen molar-refractivity contribution in [2.24, 2.45) is 0 Å². The van der Waals surface area contributed by atoms with E-state index in [0.717, 1.165) is 16.7 Å². The first-order chi connectivity index (χ1) is 15.9. The quantitative estimate of drug-likeness (QED) is 0.420. The number of carboxylic acid groups (broad SMARTS) is 1. The number of carbonyl (C=O) groups excluding carboxylic acids is 1. The van der Waals surface area contributed by atoms with Gasteiger partial charge in [0.15, 0.2) is 0 Å². The number of nitrogens with one attached hydrogen (secondary N) is 1. The van der Waals surface area contributed by atoms with Gasteiger partial charge in [0.2, 0.25) is 0 Å². The van der Waals surface area contributed by atoms with E-state index < -0.39 is 17.9 Å². The summed E-state index contributed by atoms with van der Waals surface area (Å²) < 4.78 is 0. The number of benzene rings is 2. The van der Waals surface area contributed by atoms with Gasteiger partial charge < -0.3 is 15.5 Å². The number of hydrogen-bond donors (Lipinski definition) is 3. The SMILES string of the molecule is CSCC[C@H](NC(=O)c1ccc(C=Cc2cnccc2O)cc1-c1ccccc1C)C(=O)O. The molecule has 0 radical (unpaired) electrons. The van der Waals surface area contributed by atoms with Gasteiger partial charge in [-0.2, -0.15) is 11.8 Å². The summed E-state index contributed by atoms with van der Waals surface area (Å²) in [6.07, 6.45) is 8.91. The number of carboxylic acids is 1. The smallest absolute Gasteiger partial charge is 0.326 e. The lowest BCUT2D eigenvalue weighted by atomic mass is 9.93. The van der Waals surface area contributed by atoms with Crippen LogP contribution in [0, 0.1) is 6.92 Å². The zero-order valence-corrected chi connectivity index (χ0v) is 19.3. The van der Waals surface area contributed by atoms with Crippen LogP contribution < -0.4 is 5.32 Å². The second-order valence-electron chi connectivity index (χ2n) is 7.53. The van der Waals surface area contributed by atoms with Crippen LogP contribution in [0.3, 0.4) is 0 Å². The lowest BCUT2D eigenvalue weighted by molar-refractivity contribution is -0.139. The molecule has 3 N–H and O–H groups in total. The second-order valence-corrected chi connectivity index (χ2v) is 8.52. The van der Waals surface area contributed by atoms with E-state index in [1.807, 2.05) is 49.6 Å². The molecule has 0 aliphatic carbocycles. The van der Waals surface area contributed by atoms with Crippen LogP contribution in [0.1, 0.15) is 33.5 Å². The molecule has 1 amide bonds. The molecule has 7 heteroatoms. The van der Waals surface area contributed by atoms with Gasteiger partial charge in [0.05, 0.1) is 0 Å². The molecule has 0 spiro atoms. The third kappa shape index (κ3) is 6.23. The Morgan fingerprint density at radius 1 is 1.12 bits per heavy atom. The van der Waals surface area contributed by atoms with Gasteiger partial charge in [-0.3, -0.25) is 9.78 Å². The summed E-state index contributed by atoms with van der Waals surface area (Å²) in [5.41, 5.74) is 4.39. The zero-order valence-electron chi connectivity index (χ0n) is 18.5. The molecule has 1 aromatic heterocycles. The molecule has 0 bridgehead atoms. The van der Waals surface area contributed by atoms with Gasteiger partial charge in [0.25, 0.3) is 5.91 Å². The Hall–Kier alpha value is -3.58. The van der Waals surface area contributed by atoms with Crippen LogP contribution in [0.15, 0.2) is 60.9 Å². The molecule has 0 saturated heterocycles. The maximum Gasteiger partial charge on any atom is 0.326 e. The molecule has 0 saturated carbocycles. The minimum atomic E-state index is -1.05. The summed E-state index contributed by atoms with van der Waals surface area (Å²) in [5.74, 6) is -0.721. The Bertz CT molecular complexity index is 1180. The number of nitrogens with zero attached hydrogens (tertiary/aromatic N) is 1. The highest BCUT2D eigenvalue weighted by Gasteiger charge is 2.22. The molecule has 3 aromatic rings. The van der Waals surface area contributed by atoms with Crippen molar-refractivity contribution < 1.29 is 19.8 Å². The van der Waals surface area contributed by atoms with Crippen LogP contribution in [0.5, 0.6) is 5.75 Å². The van der Waals surface area contributed by atoms with E-state index in [2.05, 4.69) is 10.3 Å². The maximum atomic E-state index is 13.1. The topological polar surface area (TPSA) is 99.5 Å². The van der Waals surface area contributed by atoms with E-state index in [4.69, 9.17) is 0 Å². The van der Waals surface area contributed by atoms with Gasteiger partial charge in [0, 0.05) is 23.5 Å². The van der Waals surface area contributed by atoms with Crippen molar-refractivity contribution in [3.63, 3.8) is 0 Å². The van der Waals surface area contributed by atoms with Gasteiger partial charge in [-0.05, 0) is 71.9 Å². The van der Waals surface area contributed by atoms with E-state index in [0.29, 0.717) is 28.9 Å². The van der Waals surface area contributed by atoms with Crippen LogP contribution in [0.2, 0.25) is 0 Å². The van der Waals surface area contributed by atoms with Gasteiger partial charge in [-0.25, -0.2) is 4.79 Å². The molecule has 3 rings (SSSR count). The minimum absolute atomic E-state index is 0.126. The maximum absolute atomic E-state index is 13.1. The largest absolute Gasteiger partial charge is 0.507 e. The Labute approximate surface area is 197 Å². The molecule has 0 fully saturated rings. The average molecular weight is 463 g/mol. The number of aryl methyl sites for hydroxylation is 1. The van der Waals surface area contributed by atoms with E-state index >= 15 is 0 Å².